The summed E-state index contributed by atoms with van der Waals surface area (Å²) in [6.07, 6.45) is 3.33. The Bertz CT molecular complexity index is 1010. The second-order valence-electron chi connectivity index (χ2n) is 7.51. The maximum Gasteiger partial charge on any atom is 0.328 e. The number of piperazine rings is 1. The fourth-order valence-corrected chi connectivity index (χ4v) is 3.88. The molecular weight excluding hydrogens is 392 g/mol. The average molecular weight is 421 g/mol. The molecule has 1 aliphatic heterocycles. The molecule has 0 amide bonds. The molecule has 4 rings (SSSR count). The van der Waals surface area contributed by atoms with Crippen molar-refractivity contribution in [3.63, 3.8) is 0 Å². The Morgan fingerprint density at radius 3 is 2.74 bits per heavy atom. The number of nitrogens with two attached hydrogens (primary N) is 1. The van der Waals surface area contributed by atoms with Crippen LogP contribution in [0, 0.1) is 0 Å². The highest BCUT2D eigenvalue weighted by Gasteiger charge is 2.30. The summed E-state index contributed by atoms with van der Waals surface area (Å²) in [5.74, 6) is -0.217. The van der Waals surface area contributed by atoms with Crippen LogP contribution >= 0.6 is 0 Å². The van der Waals surface area contributed by atoms with Gasteiger partial charge in [-0.25, -0.2) is 4.79 Å². The van der Waals surface area contributed by atoms with E-state index in [1.807, 2.05) is 55.5 Å². The molecule has 7 nitrogen and oxygen atoms in total. The molecule has 2 heterocycles. The Morgan fingerprint density at radius 1 is 1.19 bits per heavy atom. The van der Waals surface area contributed by atoms with Gasteiger partial charge in [0.25, 0.3) is 0 Å². The van der Waals surface area contributed by atoms with Crippen LogP contribution in [0.3, 0.4) is 0 Å². The van der Waals surface area contributed by atoms with Crippen LogP contribution in [0.2, 0.25) is 0 Å². The molecule has 0 saturated carbocycles. The first-order valence-electron chi connectivity index (χ1n) is 10.6. The lowest BCUT2D eigenvalue weighted by molar-refractivity contribution is -0.150. The van der Waals surface area contributed by atoms with Gasteiger partial charge in [-0.1, -0.05) is 18.2 Å². The maximum absolute atomic E-state index is 12.8. The minimum atomic E-state index is -0.426. The zero-order valence-corrected chi connectivity index (χ0v) is 17.6. The summed E-state index contributed by atoms with van der Waals surface area (Å²) in [6, 6.07) is 15.2. The van der Waals surface area contributed by atoms with E-state index < -0.39 is 6.04 Å². The van der Waals surface area contributed by atoms with E-state index in [1.165, 1.54) is 0 Å². The van der Waals surface area contributed by atoms with Crippen molar-refractivity contribution in [3.8, 4) is 11.1 Å². The van der Waals surface area contributed by atoms with Crippen molar-refractivity contribution < 1.29 is 13.9 Å². The first kappa shape index (κ1) is 21.0. The van der Waals surface area contributed by atoms with E-state index in [0.717, 1.165) is 54.2 Å². The standard InChI is InChI=1S/C24H28N4O3/c1-2-31-24(29)23(28-11-9-26-10-12-28)18-4-3-5-20(14-18)27-22-7-6-17(15-21(22)25)19-8-13-30-16-19/h3-8,13-16,23,26-27H,2,9-12,25H2,1H3. The van der Waals surface area contributed by atoms with Gasteiger partial charge in [0.05, 0.1) is 30.5 Å². The Morgan fingerprint density at radius 2 is 2.03 bits per heavy atom. The monoisotopic (exact) mass is 420 g/mol. The first-order chi connectivity index (χ1) is 15.2. The zero-order chi connectivity index (χ0) is 21.6. The van der Waals surface area contributed by atoms with Gasteiger partial charge in [0.15, 0.2) is 0 Å². The number of ether oxygens (including phenoxy) is 1. The van der Waals surface area contributed by atoms with E-state index in [2.05, 4.69) is 15.5 Å². The van der Waals surface area contributed by atoms with Crippen molar-refractivity contribution in [1.29, 1.82) is 0 Å². The highest BCUT2D eigenvalue weighted by Crippen LogP contribution is 2.31. The lowest BCUT2D eigenvalue weighted by Crippen LogP contribution is -2.47. The Balaban J connectivity index is 1.57. The van der Waals surface area contributed by atoms with Gasteiger partial charge in [0.1, 0.15) is 6.04 Å². The highest BCUT2D eigenvalue weighted by atomic mass is 16.5. The van der Waals surface area contributed by atoms with Crippen LogP contribution in [0.25, 0.3) is 11.1 Å². The van der Waals surface area contributed by atoms with Crippen LogP contribution in [0.15, 0.2) is 65.5 Å². The number of nitrogens with zero attached hydrogens (tertiary/aromatic N) is 1. The number of nitrogens with one attached hydrogen (secondary N) is 2. The van der Waals surface area contributed by atoms with Crippen molar-refractivity contribution in [2.24, 2.45) is 0 Å². The molecule has 2 aromatic carbocycles. The van der Waals surface area contributed by atoms with Gasteiger partial charge in [-0.3, -0.25) is 4.90 Å². The first-order valence-corrected chi connectivity index (χ1v) is 10.6. The normalized spacial score (nSPS) is 15.4. The third-order valence-electron chi connectivity index (χ3n) is 5.41. The van der Waals surface area contributed by atoms with Gasteiger partial charge in [-0.2, -0.15) is 0 Å². The van der Waals surface area contributed by atoms with Crippen LogP contribution in [0.4, 0.5) is 17.1 Å². The van der Waals surface area contributed by atoms with Crippen LogP contribution in [0.1, 0.15) is 18.5 Å². The number of benzene rings is 2. The molecule has 4 N–H and O–H groups in total. The minimum Gasteiger partial charge on any atom is -0.472 e. The van der Waals surface area contributed by atoms with Crippen molar-refractivity contribution in [2.45, 2.75) is 13.0 Å². The number of rotatable bonds is 7. The molecule has 1 atom stereocenters. The average Bonchev–Trinajstić information content (AvgIpc) is 3.32. The van der Waals surface area contributed by atoms with Gasteiger partial charge < -0.3 is 25.5 Å². The molecule has 0 radical (unpaired) electrons. The topological polar surface area (TPSA) is 92.8 Å². The largest absolute Gasteiger partial charge is 0.472 e. The predicted octanol–water partition coefficient (Wildman–Crippen LogP) is 3.78. The number of esters is 1. The summed E-state index contributed by atoms with van der Waals surface area (Å²) < 4.78 is 10.5. The zero-order valence-electron chi connectivity index (χ0n) is 17.6. The molecule has 0 spiro atoms. The van der Waals surface area contributed by atoms with E-state index in [-0.39, 0.29) is 5.97 Å². The van der Waals surface area contributed by atoms with Crippen LogP contribution in [0.5, 0.6) is 0 Å². The third-order valence-corrected chi connectivity index (χ3v) is 5.41. The molecule has 1 fully saturated rings. The quantitative estimate of drug-likeness (QED) is 0.396. The number of furan rings is 1. The second-order valence-corrected chi connectivity index (χ2v) is 7.51. The van der Waals surface area contributed by atoms with Gasteiger partial charge in [-0.05, 0) is 48.4 Å². The number of hydrogen-bond donors (Lipinski definition) is 3. The molecule has 162 valence electrons. The molecule has 1 aromatic heterocycles. The van der Waals surface area contributed by atoms with Crippen LogP contribution < -0.4 is 16.4 Å². The summed E-state index contributed by atoms with van der Waals surface area (Å²) in [5.41, 5.74) is 11.5. The van der Waals surface area contributed by atoms with Crippen LogP contribution in [-0.4, -0.2) is 43.7 Å². The lowest BCUT2D eigenvalue weighted by atomic mass is 10.0. The van der Waals surface area contributed by atoms with Crippen molar-refractivity contribution in [3.05, 3.63) is 66.6 Å². The lowest BCUT2D eigenvalue weighted by Gasteiger charge is -2.33. The fourth-order valence-electron chi connectivity index (χ4n) is 3.88. The number of carbonyl (C=O) groups excluding carboxylic acids is 1. The summed E-state index contributed by atoms with van der Waals surface area (Å²) in [7, 11) is 0. The van der Waals surface area contributed by atoms with Gasteiger partial charge in [-0.15, -0.1) is 0 Å². The maximum atomic E-state index is 12.8. The smallest absolute Gasteiger partial charge is 0.328 e. The van der Waals surface area contributed by atoms with E-state index >= 15 is 0 Å². The third kappa shape index (κ3) is 4.90. The summed E-state index contributed by atoms with van der Waals surface area (Å²) in [5, 5.41) is 6.71. The van der Waals surface area contributed by atoms with Gasteiger partial charge in [0.2, 0.25) is 0 Å². The number of carbonyl (C=O) groups is 1. The summed E-state index contributed by atoms with van der Waals surface area (Å²) in [4.78, 5) is 15.0. The molecule has 0 bridgehead atoms. The minimum absolute atomic E-state index is 0.217. The van der Waals surface area contributed by atoms with Crippen LogP contribution in [-0.2, 0) is 9.53 Å². The second kappa shape index (κ2) is 9.68. The van der Waals surface area contributed by atoms with Crippen molar-refractivity contribution >= 4 is 23.0 Å². The number of nitrogen functional groups attached to an aromatic ring is 1. The molecule has 1 aliphatic rings. The van der Waals surface area contributed by atoms with Gasteiger partial charge >= 0.3 is 5.97 Å². The molecule has 3 aromatic rings. The van der Waals surface area contributed by atoms with E-state index in [1.54, 1.807) is 12.5 Å². The van der Waals surface area contributed by atoms with E-state index in [0.29, 0.717) is 12.3 Å². The van der Waals surface area contributed by atoms with Gasteiger partial charge in [0, 0.05) is 37.4 Å². The molecule has 31 heavy (non-hydrogen) atoms. The van der Waals surface area contributed by atoms with E-state index in [4.69, 9.17) is 14.9 Å². The summed E-state index contributed by atoms with van der Waals surface area (Å²) in [6.45, 7) is 5.49. The SMILES string of the molecule is CCOC(=O)C(c1cccc(Nc2ccc(-c3ccoc3)cc2N)c1)N1CCNCC1. The predicted molar refractivity (Wildman–Crippen MR) is 122 cm³/mol. The fraction of sp³-hybridized carbons (Fsp3) is 0.292. The highest BCUT2D eigenvalue weighted by molar-refractivity contribution is 5.80. The number of anilines is 3. The number of hydrogen-bond acceptors (Lipinski definition) is 7. The van der Waals surface area contributed by atoms with E-state index in [9.17, 15) is 4.79 Å². The molecule has 7 heteroatoms. The molecule has 1 unspecified atom stereocenters. The van der Waals surface area contributed by atoms with Crippen molar-refractivity contribution in [2.75, 3.05) is 43.8 Å². The summed E-state index contributed by atoms with van der Waals surface area (Å²) >= 11 is 0. The Kier molecular flexibility index (Phi) is 6.54. The molecule has 1 saturated heterocycles. The Labute approximate surface area is 182 Å². The van der Waals surface area contributed by atoms with Crippen molar-refractivity contribution in [1.82, 2.24) is 10.2 Å². The molecule has 0 aliphatic carbocycles. The molecular formula is C24H28N4O3. The Hall–Kier alpha value is -3.29.